The molecule has 5 nitrogen and oxygen atoms in total. The summed E-state index contributed by atoms with van der Waals surface area (Å²) in [4.78, 5) is 7.63. The molecule has 0 bridgehead atoms. The summed E-state index contributed by atoms with van der Waals surface area (Å²) >= 11 is 1.89. The highest BCUT2D eigenvalue weighted by atomic mass is 32.2. The highest BCUT2D eigenvalue weighted by Gasteiger charge is 2.48. The zero-order valence-corrected chi connectivity index (χ0v) is 40.7. The van der Waals surface area contributed by atoms with Crippen molar-refractivity contribution >= 4 is 136 Å². The topological polar surface area (TPSA) is 25.6 Å². The molecule has 0 saturated carbocycles. The number of fused-ring (bicyclic) bond motifs is 16. The van der Waals surface area contributed by atoms with E-state index >= 15 is 0 Å². The van der Waals surface area contributed by atoms with Crippen molar-refractivity contribution in [3.05, 3.63) is 243 Å². The van der Waals surface area contributed by atoms with Gasteiger partial charge in [-0.1, -0.05) is 169 Å². The Morgan fingerprint density at radius 1 is 0.338 bits per heavy atom. The summed E-state index contributed by atoms with van der Waals surface area (Å²) in [5, 5.41) is 4.95. The first-order chi connectivity index (χ1) is 36.8. The average molecular weight is 959 g/mol. The van der Waals surface area contributed by atoms with Crippen LogP contribution < -0.4 is 47.3 Å². The molecule has 0 radical (unpaired) electrons. The summed E-state index contributed by atoms with van der Waals surface area (Å²) in [6.45, 7) is -0.174. The summed E-state index contributed by atoms with van der Waals surface area (Å²) in [6.07, 6.45) is 0. The van der Waals surface area contributed by atoms with Gasteiger partial charge in [-0.25, -0.2) is 0 Å². The number of aromatic nitrogens is 2. The van der Waals surface area contributed by atoms with E-state index in [-0.39, 0.29) is 13.4 Å². The van der Waals surface area contributed by atoms with Gasteiger partial charge in [0, 0.05) is 83.3 Å². The molecule has 4 aliphatic rings. The average Bonchev–Trinajstić information content (AvgIpc) is 4.02. The Balaban J connectivity index is 1.01. The summed E-state index contributed by atoms with van der Waals surface area (Å²) in [7, 11) is 0. The lowest BCUT2D eigenvalue weighted by molar-refractivity contribution is 0.487. The third-order valence-corrected chi connectivity index (χ3v) is 17.4. The number of benzene rings is 11. The lowest BCUT2D eigenvalue weighted by Crippen LogP contribution is -2.64. The van der Waals surface area contributed by atoms with Crippen LogP contribution in [0.3, 0.4) is 0 Å². The number of ether oxygens (including phenoxy) is 1. The van der Waals surface area contributed by atoms with Crippen molar-refractivity contribution in [3.8, 4) is 22.9 Å². The van der Waals surface area contributed by atoms with Crippen LogP contribution in [0.4, 0.5) is 34.1 Å². The van der Waals surface area contributed by atoms with Crippen molar-refractivity contribution in [3.63, 3.8) is 0 Å². The van der Waals surface area contributed by atoms with Gasteiger partial charge in [0.25, 0.3) is 13.4 Å². The molecule has 17 rings (SSSR count). The molecule has 0 aliphatic carbocycles. The van der Waals surface area contributed by atoms with Gasteiger partial charge in [-0.2, -0.15) is 0 Å². The van der Waals surface area contributed by atoms with E-state index in [0.29, 0.717) is 0 Å². The molecule has 4 aliphatic heterocycles. The molecule has 0 amide bonds. The lowest BCUT2D eigenvalue weighted by Gasteiger charge is -2.45. The highest BCUT2D eigenvalue weighted by Crippen LogP contribution is 2.52. The maximum atomic E-state index is 7.58. The van der Waals surface area contributed by atoms with Gasteiger partial charge in [0.2, 0.25) is 0 Å². The highest BCUT2D eigenvalue weighted by molar-refractivity contribution is 8.00. The van der Waals surface area contributed by atoms with E-state index in [9.17, 15) is 0 Å². The van der Waals surface area contributed by atoms with Gasteiger partial charge in [0.15, 0.2) is 0 Å². The van der Waals surface area contributed by atoms with Gasteiger partial charge in [-0.05, 0) is 106 Å². The molecular formula is C66H40B2N4OS. The monoisotopic (exact) mass is 958 g/mol. The van der Waals surface area contributed by atoms with Crippen LogP contribution in [0, 0.1) is 0 Å². The molecule has 11 aromatic carbocycles. The Hall–Kier alpha value is -9.10. The molecule has 0 saturated heterocycles. The number of rotatable bonds is 4. The quantitative estimate of drug-likeness (QED) is 0.164. The summed E-state index contributed by atoms with van der Waals surface area (Å²) in [5.74, 6) is 1.79. The van der Waals surface area contributed by atoms with Crippen LogP contribution in [0.5, 0.6) is 11.5 Å². The van der Waals surface area contributed by atoms with Crippen molar-refractivity contribution in [2.24, 2.45) is 0 Å². The van der Waals surface area contributed by atoms with Crippen molar-refractivity contribution in [1.82, 2.24) is 9.13 Å². The van der Waals surface area contributed by atoms with Crippen LogP contribution >= 0.6 is 11.8 Å². The Bertz CT molecular complexity index is 4520. The minimum atomic E-state index is -0.111. The largest absolute Gasteiger partial charge is 0.458 e. The normalized spacial score (nSPS) is 13.6. The fraction of sp³-hybridized carbons (Fsp3) is 0. The van der Waals surface area contributed by atoms with Crippen LogP contribution in [0.2, 0.25) is 0 Å². The first-order valence-corrected chi connectivity index (χ1v) is 26.3. The number of hydrogen-bond donors (Lipinski definition) is 0. The van der Waals surface area contributed by atoms with Crippen molar-refractivity contribution in [1.29, 1.82) is 0 Å². The van der Waals surface area contributed by atoms with Crippen molar-refractivity contribution in [2.45, 2.75) is 9.79 Å². The second-order valence-corrected chi connectivity index (χ2v) is 20.9. The molecule has 8 heteroatoms. The lowest BCUT2D eigenvalue weighted by atomic mass is 9.31. The predicted octanol–water partition coefficient (Wildman–Crippen LogP) is 13.0. The van der Waals surface area contributed by atoms with Crippen LogP contribution in [0.25, 0.3) is 55.0 Å². The third kappa shape index (κ3) is 5.42. The van der Waals surface area contributed by atoms with E-state index in [1.807, 2.05) is 11.8 Å². The maximum Gasteiger partial charge on any atom is 0.253 e. The number of para-hydroxylation sites is 7. The SMILES string of the molecule is c1ccc(N2c3ccccc3B3c4cc5c(cc4N(c4ccccc4)c4c3c2cc2c4c3ccccc3n2-c2ccccc2)Oc2cc3c(c4c2B5c2ccccc2S4)c2ccccc2n3-c2ccccc2)cc1. The second kappa shape index (κ2) is 15.2. The second-order valence-electron chi connectivity index (χ2n) is 19.9. The summed E-state index contributed by atoms with van der Waals surface area (Å²) in [6, 6.07) is 89.4. The molecule has 13 aromatic rings. The first-order valence-electron chi connectivity index (χ1n) is 25.5. The fourth-order valence-corrected chi connectivity index (χ4v) is 14.6. The van der Waals surface area contributed by atoms with Crippen LogP contribution in [0.1, 0.15) is 0 Å². The van der Waals surface area contributed by atoms with E-state index in [1.165, 1.54) is 92.2 Å². The van der Waals surface area contributed by atoms with Crippen molar-refractivity contribution < 1.29 is 4.74 Å². The van der Waals surface area contributed by atoms with Crippen LogP contribution in [-0.2, 0) is 0 Å². The zero-order chi connectivity index (χ0) is 48.2. The van der Waals surface area contributed by atoms with Crippen LogP contribution in [-0.4, -0.2) is 22.6 Å². The standard InChI is InChI=1S/C66H40B2N4OS/c1-5-21-41(22-6-1)69-51-33-17-13-29-45(51)61-55(69)38-57-63-65(61)72(44-27-11-4-12-28-44)54-39-58-50(37-49(54)67(63)47-31-15-19-35-53(47)71(57)43-25-9-3-10-26-43)68-48-32-16-20-36-60(48)74-66-62-46-30-14-18-34-52(46)70(42-23-7-2-8-24-42)56(62)40-59(73-58)64(66)68/h1-40H. The summed E-state index contributed by atoms with van der Waals surface area (Å²) < 4.78 is 12.5. The van der Waals surface area contributed by atoms with E-state index < -0.39 is 0 Å². The van der Waals surface area contributed by atoms with Gasteiger partial charge in [-0.3, -0.25) is 0 Å². The molecule has 0 unspecified atom stereocenters. The molecule has 74 heavy (non-hydrogen) atoms. The Kier molecular flexibility index (Phi) is 8.33. The Morgan fingerprint density at radius 2 is 0.865 bits per heavy atom. The maximum absolute atomic E-state index is 7.58. The first kappa shape index (κ1) is 40.5. The van der Waals surface area contributed by atoms with E-state index in [2.05, 4.69) is 262 Å². The molecule has 0 N–H and O–H groups in total. The van der Waals surface area contributed by atoms with Gasteiger partial charge in [0.1, 0.15) is 11.5 Å². The predicted molar refractivity (Wildman–Crippen MR) is 311 cm³/mol. The number of nitrogens with zero attached hydrogens (tertiary/aromatic N) is 4. The number of hydrogen-bond acceptors (Lipinski definition) is 4. The van der Waals surface area contributed by atoms with Gasteiger partial charge >= 0.3 is 0 Å². The third-order valence-electron chi connectivity index (χ3n) is 16.1. The fourth-order valence-electron chi connectivity index (χ4n) is 13.3. The molecule has 0 spiro atoms. The van der Waals surface area contributed by atoms with E-state index in [0.717, 1.165) is 51.0 Å². The minimum absolute atomic E-state index is 0.0632. The van der Waals surface area contributed by atoms with E-state index in [1.54, 1.807) is 0 Å². The molecule has 6 heterocycles. The molecule has 0 atom stereocenters. The van der Waals surface area contributed by atoms with Crippen molar-refractivity contribution in [2.75, 3.05) is 9.80 Å². The molecule has 342 valence electrons. The number of anilines is 6. The van der Waals surface area contributed by atoms with E-state index in [4.69, 9.17) is 4.74 Å². The minimum Gasteiger partial charge on any atom is -0.458 e. The Labute approximate surface area is 432 Å². The molecule has 2 aromatic heterocycles. The van der Waals surface area contributed by atoms with Crippen LogP contribution in [0.15, 0.2) is 252 Å². The Morgan fingerprint density at radius 3 is 1.54 bits per heavy atom. The molecular weight excluding hydrogens is 918 g/mol. The van der Waals surface area contributed by atoms with Gasteiger partial charge < -0.3 is 23.7 Å². The van der Waals surface area contributed by atoms with Gasteiger partial charge in [-0.15, -0.1) is 0 Å². The van der Waals surface area contributed by atoms with Gasteiger partial charge in [0.05, 0.1) is 27.8 Å². The molecule has 0 fully saturated rings. The smallest absolute Gasteiger partial charge is 0.253 e. The summed E-state index contributed by atoms with van der Waals surface area (Å²) in [5.41, 5.74) is 21.4. The zero-order valence-electron chi connectivity index (χ0n) is 39.9.